The molecule has 0 aromatic rings. The highest BCUT2D eigenvalue weighted by atomic mass is 16.4. The van der Waals surface area contributed by atoms with Crippen molar-refractivity contribution < 1.29 is 9.90 Å². The standard InChI is InChI=1S/C8H15NO2/c1-5(2)6-4-8(6,9-3)7(10)11/h5-6,9H,4H2,1-3H3,(H,10,11). The van der Waals surface area contributed by atoms with Gasteiger partial charge in [0.1, 0.15) is 5.54 Å². The van der Waals surface area contributed by atoms with Gasteiger partial charge in [-0.3, -0.25) is 4.79 Å². The van der Waals surface area contributed by atoms with Gasteiger partial charge in [-0.05, 0) is 25.3 Å². The number of hydrogen-bond acceptors (Lipinski definition) is 2. The molecular weight excluding hydrogens is 142 g/mol. The van der Waals surface area contributed by atoms with E-state index in [4.69, 9.17) is 5.11 Å². The van der Waals surface area contributed by atoms with E-state index < -0.39 is 11.5 Å². The lowest BCUT2D eigenvalue weighted by molar-refractivity contribution is -0.141. The number of carboxylic acids is 1. The molecule has 0 radical (unpaired) electrons. The zero-order chi connectivity index (χ0) is 8.65. The van der Waals surface area contributed by atoms with E-state index in [-0.39, 0.29) is 0 Å². The lowest BCUT2D eigenvalue weighted by atomic mass is 10.0. The quantitative estimate of drug-likeness (QED) is 0.634. The fraction of sp³-hybridized carbons (Fsp3) is 0.875. The summed E-state index contributed by atoms with van der Waals surface area (Å²) >= 11 is 0. The van der Waals surface area contributed by atoms with Gasteiger partial charge in [0.05, 0.1) is 0 Å². The molecule has 1 saturated carbocycles. The Labute approximate surface area is 66.8 Å². The first-order chi connectivity index (χ1) is 5.04. The first-order valence-electron chi connectivity index (χ1n) is 3.97. The molecule has 0 aromatic carbocycles. The maximum Gasteiger partial charge on any atom is 0.324 e. The van der Waals surface area contributed by atoms with Crippen LogP contribution in [0.2, 0.25) is 0 Å². The molecule has 0 spiro atoms. The summed E-state index contributed by atoms with van der Waals surface area (Å²) in [6, 6.07) is 0. The first kappa shape index (κ1) is 8.53. The molecule has 0 amide bonds. The molecule has 2 unspecified atom stereocenters. The molecule has 2 atom stereocenters. The van der Waals surface area contributed by atoms with Crippen LogP contribution in [0.5, 0.6) is 0 Å². The minimum absolute atomic E-state index is 0.310. The van der Waals surface area contributed by atoms with Crippen molar-refractivity contribution in [1.29, 1.82) is 0 Å². The Morgan fingerprint density at radius 1 is 1.73 bits per heavy atom. The van der Waals surface area contributed by atoms with Crippen LogP contribution >= 0.6 is 0 Å². The van der Waals surface area contributed by atoms with Gasteiger partial charge in [0.15, 0.2) is 0 Å². The van der Waals surface area contributed by atoms with E-state index in [9.17, 15) is 4.79 Å². The number of rotatable bonds is 3. The third-order valence-electron chi connectivity index (χ3n) is 2.65. The Balaban J connectivity index is 2.64. The second kappa shape index (κ2) is 2.48. The molecule has 64 valence electrons. The predicted octanol–water partition coefficient (Wildman–Crippen LogP) is 0.705. The fourth-order valence-electron chi connectivity index (χ4n) is 1.73. The van der Waals surface area contributed by atoms with Crippen molar-refractivity contribution in [2.45, 2.75) is 25.8 Å². The normalized spacial score (nSPS) is 35.8. The van der Waals surface area contributed by atoms with Gasteiger partial charge in [-0.1, -0.05) is 13.8 Å². The molecule has 11 heavy (non-hydrogen) atoms. The van der Waals surface area contributed by atoms with Gasteiger partial charge >= 0.3 is 5.97 Å². The van der Waals surface area contributed by atoms with E-state index >= 15 is 0 Å². The highest BCUT2D eigenvalue weighted by Crippen LogP contribution is 2.48. The number of hydrogen-bond donors (Lipinski definition) is 2. The molecule has 3 nitrogen and oxygen atoms in total. The summed E-state index contributed by atoms with van der Waals surface area (Å²) in [5, 5.41) is 11.7. The van der Waals surface area contributed by atoms with Crippen molar-refractivity contribution in [2.24, 2.45) is 11.8 Å². The minimum Gasteiger partial charge on any atom is -0.480 e. The Morgan fingerprint density at radius 2 is 2.27 bits per heavy atom. The number of carboxylic acid groups (broad SMARTS) is 1. The Morgan fingerprint density at radius 3 is 2.36 bits per heavy atom. The van der Waals surface area contributed by atoms with Crippen molar-refractivity contribution in [3.63, 3.8) is 0 Å². The van der Waals surface area contributed by atoms with Crippen LogP contribution in [0.4, 0.5) is 0 Å². The van der Waals surface area contributed by atoms with Crippen LogP contribution in [0.25, 0.3) is 0 Å². The Hall–Kier alpha value is -0.570. The molecule has 1 aliphatic rings. The highest BCUT2D eigenvalue weighted by molar-refractivity contribution is 5.83. The van der Waals surface area contributed by atoms with Crippen molar-refractivity contribution in [2.75, 3.05) is 7.05 Å². The monoisotopic (exact) mass is 157 g/mol. The number of likely N-dealkylation sites (N-methyl/N-ethyl adjacent to an activating group) is 1. The topological polar surface area (TPSA) is 49.3 Å². The number of carbonyl (C=O) groups is 1. The van der Waals surface area contributed by atoms with Crippen molar-refractivity contribution >= 4 is 5.97 Å². The maximum atomic E-state index is 10.8. The second-order valence-electron chi connectivity index (χ2n) is 3.58. The van der Waals surface area contributed by atoms with Gasteiger partial charge in [-0.2, -0.15) is 0 Å². The Kier molecular flexibility index (Phi) is 1.92. The van der Waals surface area contributed by atoms with Gasteiger partial charge < -0.3 is 10.4 Å². The van der Waals surface area contributed by atoms with Crippen LogP contribution in [0, 0.1) is 11.8 Å². The third kappa shape index (κ3) is 1.13. The summed E-state index contributed by atoms with van der Waals surface area (Å²) in [5.74, 6) is 0.0576. The Bertz CT molecular complexity index is 179. The van der Waals surface area contributed by atoms with E-state index in [1.54, 1.807) is 7.05 Å². The van der Waals surface area contributed by atoms with E-state index in [2.05, 4.69) is 19.2 Å². The zero-order valence-corrected chi connectivity index (χ0v) is 7.22. The van der Waals surface area contributed by atoms with Crippen molar-refractivity contribution in [3.05, 3.63) is 0 Å². The summed E-state index contributed by atoms with van der Waals surface area (Å²) in [7, 11) is 1.72. The molecule has 1 fully saturated rings. The molecular formula is C8H15NO2. The smallest absolute Gasteiger partial charge is 0.324 e. The van der Waals surface area contributed by atoms with Crippen LogP contribution < -0.4 is 5.32 Å². The molecule has 0 bridgehead atoms. The van der Waals surface area contributed by atoms with Crippen LogP contribution in [0.15, 0.2) is 0 Å². The van der Waals surface area contributed by atoms with E-state index in [0.717, 1.165) is 6.42 Å². The van der Waals surface area contributed by atoms with Crippen LogP contribution in [0.3, 0.4) is 0 Å². The molecule has 0 saturated heterocycles. The molecule has 0 aromatic heterocycles. The van der Waals surface area contributed by atoms with Gasteiger partial charge in [0.25, 0.3) is 0 Å². The lowest BCUT2D eigenvalue weighted by Gasteiger charge is -2.12. The predicted molar refractivity (Wildman–Crippen MR) is 42.4 cm³/mol. The average Bonchev–Trinajstić information content (AvgIpc) is 2.62. The molecule has 2 N–H and O–H groups in total. The summed E-state index contributed by atoms with van der Waals surface area (Å²) < 4.78 is 0. The van der Waals surface area contributed by atoms with E-state index in [1.165, 1.54) is 0 Å². The van der Waals surface area contributed by atoms with Gasteiger partial charge in [0, 0.05) is 0 Å². The van der Waals surface area contributed by atoms with E-state index in [0.29, 0.717) is 11.8 Å². The largest absolute Gasteiger partial charge is 0.480 e. The van der Waals surface area contributed by atoms with Crippen LogP contribution in [-0.4, -0.2) is 23.7 Å². The van der Waals surface area contributed by atoms with Gasteiger partial charge in [0.2, 0.25) is 0 Å². The fourth-order valence-corrected chi connectivity index (χ4v) is 1.73. The highest BCUT2D eigenvalue weighted by Gasteiger charge is 2.60. The number of nitrogens with one attached hydrogen (secondary N) is 1. The molecule has 0 heterocycles. The van der Waals surface area contributed by atoms with Crippen molar-refractivity contribution in [3.8, 4) is 0 Å². The van der Waals surface area contributed by atoms with Crippen LogP contribution in [-0.2, 0) is 4.79 Å². The molecule has 1 rings (SSSR count). The van der Waals surface area contributed by atoms with Gasteiger partial charge in [-0.15, -0.1) is 0 Å². The summed E-state index contributed by atoms with van der Waals surface area (Å²) in [4.78, 5) is 10.8. The van der Waals surface area contributed by atoms with Crippen molar-refractivity contribution in [1.82, 2.24) is 5.32 Å². The minimum atomic E-state index is -0.710. The molecule has 1 aliphatic carbocycles. The maximum absolute atomic E-state index is 10.8. The summed E-state index contributed by atoms with van der Waals surface area (Å²) in [6.07, 6.45) is 0.774. The van der Waals surface area contributed by atoms with E-state index in [1.807, 2.05) is 0 Å². The van der Waals surface area contributed by atoms with Gasteiger partial charge in [-0.25, -0.2) is 0 Å². The summed E-state index contributed by atoms with van der Waals surface area (Å²) in [5.41, 5.74) is -0.603. The molecule has 0 aliphatic heterocycles. The second-order valence-corrected chi connectivity index (χ2v) is 3.58. The third-order valence-corrected chi connectivity index (χ3v) is 2.65. The summed E-state index contributed by atoms with van der Waals surface area (Å²) in [6.45, 7) is 4.12. The van der Waals surface area contributed by atoms with Crippen LogP contribution in [0.1, 0.15) is 20.3 Å². The number of aliphatic carboxylic acids is 1. The lowest BCUT2D eigenvalue weighted by Crippen LogP contribution is -2.39. The zero-order valence-electron chi connectivity index (χ0n) is 7.22. The first-order valence-corrected chi connectivity index (χ1v) is 3.97. The molecule has 3 heteroatoms. The SMILES string of the molecule is CNC1(C(=O)O)CC1C(C)C. The average molecular weight is 157 g/mol.